The number of nitrogens with one attached hydrogen (secondary N) is 2. The van der Waals surface area contributed by atoms with Crippen LogP contribution in [0.5, 0.6) is 0 Å². The Hall–Kier alpha value is -2.71. The Morgan fingerprint density at radius 3 is 2.82 bits per heavy atom. The first-order valence-corrected chi connectivity index (χ1v) is 10.1. The van der Waals surface area contributed by atoms with Crippen molar-refractivity contribution in [3.63, 3.8) is 0 Å². The predicted octanol–water partition coefficient (Wildman–Crippen LogP) is 2.43. The highest BCUT2D eigenvalue weighted by Gasteiger charge is 2.28. The number of carbonyl (C=O) groups is 3. The van der Waals surface area contributed by atoms with E-state index in [1.165, 1.54) is 11.3 Å². The molecule has 2 N–H and O–H groups in total. The molecule has 2 heterocycles. The lowest BCUT2D eigenvalue weighted by Crippen LogP contribution is -2.37. The number of nitrogens with zero attached hydrogens (tertiary/aromatic N) is 1. The Morgan fingerprint density at radius 1 is 1.29 bits per heavy atom. The summed E-state index contributed by atoms with van der Waals surface area (Å²) in [5, 5.41) is 7.89. The molecule has 2 amide bonds. The summed E-state index contributed by atoms with van der Waals surface area (Å²) in [5.41, 5.74) is 1.35. The second-order valence-electron chi connectivity index (χ2n) is 6.38. The molecule has 1 fully saturated rings. The van der Waals surface area contributed by atoms with Crippen LogP contribution in [0.4, 0.5) is 5.00 Å². The molecule has 3 rings (SSSR count). The number of hydrogen-bond acceptors (Lipinski definition) is 6. The fourth-order valence-electron chi connectivity index (χ4n) is 3.19. The summed E-state index contributed by atoms with van der Waals surface area (Å²) >= 11 is 1.28. The zero-order valence-corrected chi connectivity index (χ0v) is 16.5. The summed E-state index contributed by atoms with van der Waals surface area (Å²) in [4.78, 5) is 38.7. The van der Waals surface area contributed by atoms with Gasteiger partial charge in [-0.15, -0.1) is 11.3 Å². The van der Waals surface area contributed by atoms with Gasteiger partial charge in [-0.05, 0) is 23.9 Å². The molecule has 0 bridgehead atoms. The van der Waals surface area contributed by atoms with E-state index in [1.54, 1.807) is 18.4 Å². The Kier molecular flexibility index (Phi) is 6.78. The van der Waals surface area contributed by atoms with Gasteiger partial charge < -0.3 is 15.4 Å². The van der Waals surface area contributed by atoms with Gasteiger partial charge in [-0.1, -0.05) is 30.3 Å². The van der Waals surface area contributed by atoms with Gasteiger partial charge in [-0.2, -0.15) is 0 Å². The molecule has 148 valence electrons. The number of benzene rings is 1. The maximum atomic E-state index is 12.7. The SMILES string of the molecule is CCOC(=O)c1ccsc1NC(=O)CN1CCNC(=O)C[C@H]1c1ccccc1. The zero-order valence-electron chi connectivity index (χ0n) is 15.6. The average Bonchev–Trinajstić information content (AvgIpc) is 3.06. The van der Waals surface area contributed by atoms with Crippen LogP contribution >= 0.6 is 11.3 Å². The highest BCUT2D eigenvalue weighted by molar-refractivity contribution is 7.14. The zero-order chi connectivity index (χ0) is 19.9. The van der Waals surface area contributed by atoms with Gasteiger partial charge in [0.05, 0.1) is 18.7 Å². The molecule has 1 atom stereocenters. The Bertz CT molecular complexity index is 837. The first-order chi connectivity index (χ1) is 13.6. The van der Waals surface area contributed by atoms with E-state index in [9.17, 15) is 14.4 Å². The van der Waals surface area contributed by atoms with Crippen LogP contribution in [0.15, 0.2) is 41.8 Å². The van der Waals surface area contributed by atoms with Crippen molar-refractivity contribution in [3.05, 3.63) is 52.9 Å². The van der Waals surface area contributed by atoms with Crippen molar-refractivity contribution in [2.24, 2.45) is 0 Å². The van der Waals surface area contributed by atoms with Crippen LogP contribution < -0.4 is 10.6 Å². The monoisotopic (exact) mass is 401 g/mol. The molecule has 2 aromatic rings. The van der Waals surface area contributed by atoms with Crippen LogP contribution in [0.1, 0.15) is 35.3 Å². The third-order valence-corrected chi connectivity index (χ3v) is 5.32. The normalized spacial score (nSPS) is 17.5. The average molecular weight is 401 g/mol. The second-order valence-corrected chi connectivity index (χ2v) is 7.30. The number of anilines is 1. The summed E-state index contributed by atoms with van der Waals surface area (Å²) in [6.45, 7) is 3.18. The van der Waals surface area contributed by atoms with E-state index in [2.05, 4.69) is 10.6 Å². The van der Waals surface area contributed by atoms with Gasteiger partial charge in [0.15, 0.2) is 0 Å². The van der Waals surface area contributed by atoms with Crippen molar-refractivity contribution in [2.45, 2.75) is 19.4 Å². The van der Waals surface area contributed by atoms with Crippen LogP contribution in [0.3, 0.4) is 0 Å². The molecule has 1 aromatic carbocycles. The molecule has 28 heavy (non-hydrogen) atoms. The van der Waals surface area contributed by atoms with Crippen LogP contribution in [-0.4, -0.2) is 48.9 Å². The molecule has 1 aliphatic heterocycles. The Balaban J connectivity index is 1.72. The lowest BCUT2D eigenvalue weighted by molar-refractivity contribution is -0.122. The van der Waals surface area contributed by atoms with Crippen LogP contribution in [0.25, 0.3) is 0 Å². The minimum atomic E-state index is -0.453. The Labute approximate surface area is 167 Å². The number of rotatable bonds is 6. The fraction of sp³-hybridized carbons (Fsp3) is 0.350. The smallest absolute Gasteiger partial charge is 0.341 e. The van der Waals surface area contributed by atoms with Gasteiger partial charge in [-0.3, -0.25) is 14.5 Å². The van der Waals surface area contributed by atoms with E-state index in [0.29, 0.717) is 30.1 Å². The van der Waals surface area contributed by atoms with Crippen molar-refractivity contribution >= 4 is 34.1 Å². The summed E-state index contributed by atoms with van der Waals surface area (Å²) < 4.78 is 5.02. The first kappa shape index (κ1) is 20.0. The molecule has 0 unspecified atom stereocenters. The molecule has 1 aromatic heterocycles. The van der Waals surface area contributed by atoms with Gasteiger partial charge in [0.1, 0.15) is 5.00 Å². The molecule has 1 saturated heterocycles. The molecule has 1 aliphatic rings. The third-order valence-electron chi connectivity index (χ3n) is 4.49. The van der Waals surface area contributed by atoms with Crippen LogP contribution in [0.2, 0.25) is 0 Å². The van der Waals surface area contributed by atoms with E-state index in [1.807, 2.05) is 35.2 Å². The van der Waals surface area contributed by atoms with Crippen molar-refractivity contribution in [1.29, 1.82) is 0 Å². The number of hydrogen-bond donors (Lipinski definition) is 2. The van der Waals surface area contributed by atoms with E-state index in [4.69, 9.17) is 4.74 Å². The van der Waals surface area contributed by atoms with Crippen LogP contribution in [0, 0.1) is 0 Å². The molecule has 0 radical (unpaired) electrons. The third kappa shape index (κ3) is 4.96. The van der Waals surface area contributed by atoms with E-state index >= 15 is 0 Å². The molecule has 0 spiro atoms. The molecule has 8 heteroatoms. The lowest BCUT2D eigenvalue weighted by Gasteiger charge is -2.28. The van der Waals surface area contributed by atoms with Gasteiger partial charge >= 0.3 is 5.97 Å². The summed E-state index contributed by atoms with van der Waals surface area (Å²) in [6, 6.07) is 11.2. The standard InChI is InChI=1S/C20H23N3O4S/c1-2-27-20(26)15-8-11-28-19(15)22-18(25)13-23-10-9-21-17(24)12-16(23)14-6-4-3-5-7-14/h3-8,11,16H,2,9-10,12-13H2,1H3,(H,21,24)(H,22,25)/t16-/m0/s1. The minimum Gasteiger partial charge on any atom is -0.462 e. The maximum absolute atomic E-state index is 12.7. The molecular weight excluding hydrogens is 378 g/mol. The molecule has 0 saturated carbocycles. The largest absolute Gasteiger partial charge is 0.462 e. The highest BCUT2D eigenvalue weighted by atomic mass is 32.1. The first-order valence-electron chi connectivity index (χ1n) is 9.18. The van der Waals surface area contributed by atoms with Gasteiger partial charge in [0, 0.05) is 25.6 Å². The maximum Gasteiger partial charge on any atom is 0.341 e. The molecule has 0 aliphatic carbocycles. The number of amides is 2. The quantitative estimate of drug-likeness (QED) is 0.726. The summed E-state index contributed by atoms with van der Waals surface area (Å²) in [5.74, 6) is -0.714. The van der Waals surface area contributed by atoms with E-state index < -0.39 is 5.97 Å². The number of carbonyl (C=O) groups excluding carboxylic acids is 3. The number of esters is 1. The van der Waals surface area contributed by atoms with Gasteiger partial charge in [0.25, 0.3) is 0 Å². The van der Waals surface area contributed by atoms with Crippen LogP contribution in [-0.2, 0) is 14.3 Å². The predicted molar refractivity (Wildman–Crippen MR) is 107 cm³/mol. The van der Waals surface area contributed by atoms with Gasteiger partial charge in [-0.25, -0.2) is 4.79 Å². The van der Waals surface area contributed by atoms with Crippen molar-refractivity contribution in [1.82, 2.24) is 10.2 Å². The topological polar surface area (TPSA) is 87.7 Å². The molecule has 7 nitrogen and oxygen atoms in total. The number of ether oxygens (including phenoxy) is 1. The molecular formula is C20H23N3O4S. The van der Waals surface area contributed by atoms with E-state index in [0.717, 1.165) is 5.56 Å². The van der Waals surface area contributed by atoms with Crippen molar-refractivity contribution in [2.75, 3.05) is 31.6 Å². The number of thiophene rings is 1. The lowest BCUT2D eigenvalue weighted by atomic mass is 10.0. The Morgan fingerprint density at radius 2 is 2.07 bits per heavy atom. The summed E-state index contributed by atoms with van der Waals surface area (Å²) in [6.07, 6.45) is 0.296. The van der Waals surface area contributed by atoms with Gasteiger partial charge in [0.2, 0.25) is 11.8 Å². The van der Waals surface area contributed by atoms with Crippen molar-refractivity contribution < 1.29 is 19.1 Å². The highest BCUT2D eigenvalue weighted by Crippen LogP contribution is 2.27. The van der Waals surface area contributed by atoms with Crippen molar-refractivity contribution in [3.8, 4) is 0 Å². The second kappa shape index (κ2) is 9.48. The summed E-state index contributed by atoms with van der Waals surface area (Å²) in [7, 11) is 0. The fourth-order valence-corrected chi connectivity index (χ4v) is 3.98. The minimum absolute atomic E-state index is 0.0281. The van der Waals surface area contributed by atoms with E-state index in [-0.39, 0.29) is 31.0 Å².